The lowest BCUT2D eigenvalue weighted by molar-refractivity contribution is 0.0691. The van der Waals surface area contributed by atoms with Crippen LogP contribution in [0.15, 0.2) is 42.5 Å². The van der Waals surface area contributed by atoms with Crippen LogP contribution in [0.25, 0.3) is 0 Å². The Balaban J connectivity index is 2.46. The van der Waals surface area contributed by atoms with E-state index in [2.05, 4.69) is 0 Å². The summed E-state index contributed by atoms with van der Waals surface area (Å²) in [7, 11) is 0. The van der Waals surface area contributed by atoms with Gasteiger partial charge < -0.3 is 20.4 Å². The number of aromatic carboxylic acids is 1. The second kappa shape index (κ2) is 4.99. The van der Waals surface area contributed by atoms with Crippen molar-refractivity contribution in [1.29, 1.82) is 0 Å². The van der Waals surface area contributed by atoms with Crippen molar-refractivity contribution < 1.29 is 25.2 Å². The van der Waals surface area contributed by atoms with Crippen molar-refractivity contribution in [2.45, 2.75) is 6.10 Å². The Hall–Kier alpha value is -2.53. The smallest absolute Gasteiger partial charge is 0.336 e. The molecule has 0 aliphatic carbocycles. The van der Waals surface area contributed by atoms with Crippen LogP contribution in [0, 0.1) is 0 Å². The Kier molecular flexibility index (Phi) is 3.39. The Labute approximate surface area is 109 Å². The molecule has 98 valence electrons. The molecule has 0 bridgehead atoms. The van der Waals surface area contributed by atoms with Gasteiger partial charge >= 0.3 is 5.97 Å². The number of hydrogen-bond donors (Lipinski definition) is 4. The Bertz CT molecular complexity index is 604. The number of carboxylic acids is 1. The summed E-state index contributed by atoms with van der Waals surface area (Å²) in [6.45, 7) is 0. The minimum absolute atomic E-state index is 0.0557. The van der Waals surface area contributed by atoms with E-state index in [9.17, 15) is 20.1 Å². The Morgan fingerprint density at radius 3 is 2.11 bits per heavy atom. The molecule has 5 nitrogen and oxygen atoms in total. The van der Waals surface area contributed by atoms with E-state index in [4.69, 9.17) is 5.11 Å². The van der Waals surface area contributed by atoms with Gasteiger partial charge in [0.25, 0.3) is 0 Å². The van der Waals surface area contributed by atoms with Gasteiger partial charge in [0.15, 0.2) is 0 Å². The first-order valence-electron chi connectivity index (χ1n) is 5.52. The molecule has 0 saturated carbocycles. The zero-order chi connectivity index (χ0) is 14.0. The van der Waals surface area contributed by atoms with Gasteiger partial charge in [0.2, 0.25) is 0 Å². The van der Waals surface area contributed by atoms with Crippen LogP contribution in [0.4, 0.5) is 0 Å². The fraction of sp³-hybridized carbons (Fsp3) is 0.0714. The van der Waals surface area contributed by atoms with Gasteiger partial charge in [0, 0.05) is 0 Å². The van der Waals surface area contributed by atoms with Gasteiger partial charge in [0.05, 0.1) is 5.56 Å². The minimum Gasteiger partial charge on any atom is -0.508 e. The summed E-state index contributed by atoms with van der Waals surface area (Å²) < 4.78 is 0. The topological polar surface area (TPSA) is 98.0 Å². The Morgan fingerprint density at radius 1 is 0.947 bits per heavy atom. The van der Waals surface area contributed by atoms with Crippen LogP contribution in [0.2, 0.25) is 0 Å². The lowest BCUT2D eigenvalue weighted by atomic mass is 9.96. The van der Waals surface area contributed by atoms with Crippen LogP contribution in [-0.4, -0.2) is 26.4 Å². The molecule has 0 aliphatic rings. The molecule has 0 fully saturated rings. The number of hydrogen-bond acceptors (Lipinski definition) is 4. The third-order valence-corrected chi connectivity index (χ3v) is 2.77. The number of aliphatic hydroxyl groups is 1. The first-order valence-corrected chi connectivity index (χ1v) is 5.52. The van der Waals surface area contributed by atoms with Gasteiger partial charge in [-0.25, -0.2) is 4.79 Å². The first kappa shape index (κ1) is 12.9. The molecular weight excluding hydrogens is 248 g/mol. The average Bonchev–Trinajstić information content (AvgIpc) is 2.38. The summed E-state index contributed by atoms with van der Waals surface area (Å²) in [6.07, 6.45) is -1.15. The van der Waals surface area contributed by atoms with Crippen molar-refractivity contribution in [2.24, 2.45) is 0 Å². The highest BCUT2D eigenvalue weighted by molar-refractivity contribution is 5.90. The highest BCUT2D eigenvalue weighted by Gasteiger charge is 2.19. The number of aromatic hydroxyl groups is 2. The summed E-state index contributed by atoms with van der Waals surface area (Å²) in [5, 5.41) is 37.7. The molecule has 0 amide bonds. The van der Waals surface area contributed by atoms with Crippen LogP contribution in [-0.2, 0) is 0 Å². The molecule has 0 aromatic heterocycles. The summed E-state index contributed by atoms with van der Waals surface area (Å²) in [5.41, 5.74) is 0.461. The van der Waals surface area contributed by atoms with E-state index < -0.39 is 12.1 Å². The maximum absolute atomic E-state index is 11.1. The molecule has 19 heavy (non-hydrogen) atoms. The average molecular weight is 260 g/mol. The number of carbonyl (C=O) groups is 1. The molecule has 2 aromatic carbocycles. The molecule has 0 aliphatic heterocycles. The molecule has 1 unspecified atom stereocenters. The van der Waals surface area contributed by atoms with Gasteiger partial charge in [-0.2, -0.15) is 0 Å². The summed E-state index contributed by atoms with van der Waals surface area (Å²) >= 11 is 0. The fourth-order valence-corrected chi connectivity index (χ4v) is 1.80. The predicted molar refractivity (Wildman–Crippen MR) is 67.2 cm³/mol. The van der Waals surface area contributed by atoms with Crippen LogP contribution in [0.3, 0.4) is 0 Å². The van der Waals surface area contributed by atoms with E-state index in [1.54, 1.807) is 0 Å². The predicted octanol–water partition coefficient (Wildman–Crippen LogP) is 1.88. The molecule has 5 heteroatoms. The molecule has 2 rings (SSSR count). The van der Waals surface area contributed by atoms with Gasteiger partial charge in [-0.3, -0.25) is 0 Å². The molecule has 0 radical (unpaired) electrons. The number of carboxylic acid groups (broad SMARTS) is 1. The second-order valence-electron chi connectivity index (χ2n) is 4.07. The summed E-state index contributed by atoms with van der Waals surface area (Å²) in [5.74, 6) is -1.36. The SMILES string of the molecule is O=C(O)c1cc(O)ccc1C(O)c1ccc(O)cc1. The molecule has 0 heterocycles. The zero-order valence-electron chi connectivity index (χ0n) is 9.82. The molecule has 1 atom stereocenters. The maximum atomic E-state index is 11.1. The number of rotatable bonds is 3. The molecule has 2 aromatic rings. The van der Waals surface area contributed by atoms with Crippen molar-refractivity contribution in [3.8, 4) is 11.5 Å². The second-order valence-corrected chi connectivity index (χ2v) is 4.07. The molecular formula is C14H12O5. The lowest BCUT2D eigenvalue weighted by Crippen LogP contribution is -2.08. The van der Waals surface area contributed by atoms with Crippen molar-refractivity contribution >= 4 is 5.97 Å². The van der Waals surface area contributed by atoms with Crippen molar-refractivity contribution in [1.82, 2.24) is 0 Å². The van der Waals surface area contributed by atoms with Gasteiger partial charge in [-0.15, -0.1) is 0 Å². The quantitative estimate of drug-likeness (QED) is 0.675. The van der Waals surface area contributed by atoms with Gasteiger partial charge in [-0.05, 0) is 35.4 Å². The van der Waals surface area contributed by atoms with E-state index in [1.807, 2.05) is 0 Å². The molecule has 0 saturated heterocycles. The molecule has 4 N–H and O–H groups in total. The minimum atomic E-state index is -1.23. The van der Waals surface area contributed by atoms with E-state index in [-0.39, 0.29) is 22.6 Å². The molecule has 0 spiro atoms. The Morgan fingerprint density at radius 2 is 1.53 bits per heavy atom. The highest BCUT2D eigenvalue weighted by Crippen LogP contribution is 2.28. The standard InChI is InChI=1S/C14H12O5/c15-9-3-1-8(2-4-9)13(17)11-6-5-10(16)7-12(11)14(18)19/h1-7,13,15-17H,(H,18,19). The van der Waals surface area contributed by atoms with Crippen LogP contribution in [0.1, 0.15) is 27.6 Å². The van der Waals surface area contributed by atoms with E-state index in [0.29, 0.717) is 5.56 Å². The van der Waals surface area contributed by atoms with Crippen molar-refractivity contribution in [3.05, 3.63) is 59.2 Å². The first-order chi connectivity index (χ1) is 8.99. The summed E-state index contributed by atoms with van der Waals surface area (Å²) in [6, 6.07) is 9.55. The summed E-state index contributed by atoms with van der Waals surface area (Å²) in [4.78, 5) is 11.1. The van der Waals surface area contributed by atoms with E-state index in [0.717, 1.165) is 6.07 Å². The van der Waals surface area contributed by atoms with E-state index >= 15 is 0 Å². The van der Waals surface area contributed by atoms with E-state index in [1.165, 1.54) is 36.4 Å². The number of aliphatic hydroxyl groups excluding tert-OH is 1. The highest BCUT2D eigenvalue weighted by atomic mass is 16.4. The third kappa shape index (κ3) is 2.66. The lowest BCUT2D eigenvalue weighted by Gasteiger charge is -2.14. The number of phenols is 2. The monoisotopic (exact) mass is 260 g/mol. The normalized spacial score (nSPS) is 12.1. The van der Waals surface area contributed by atoms with Crippen LogP contribution >= 0.6 is 0 Å². The largest absolute Gasteiger partial charge is 0.508 e. The van der Waals surface area contributed by atoms with Crippen LogP contribution < -0.4 is 0 Å². The van der Waals surface area contributed by atoms with Crippen LogP contribution in [0.5, 0.6) is 11.5 Å². The number of benzene rings is 2. The fourth-order valence-electron chi connectivity index (χ4n) is 1.80. The van der Waals surface area contributed by atoms with Crippen molar-refractivity contribution in [3.63, 3.8) is 0 Å². The van der Waals surface area contributed by atoms with Gasteiger partial charge in [0.1, 0.15) is 17.6 Å². The maximum Gasteiger partial charge on any atom is 0.336 e. The van der Waals surface area contributed by atoms with Gasteiger partial charge in [-0.1, -0.05) is 18.2 Å². The third-order valence-electron chi connectivity index (χ3n) is 2.77. The number of phenolic OH excluding ortho intramolecular Hbond substituents is 2. The van der Waals surface area contributed by atoms with Crippen molar-refractivity contribution in [2.75, 3.05) is 0 Å². The zero-order valence-corrected chi connectivity index (χ0v) is 9.82.